The fraction of sp³-hybridized carbons (Fsp3) is 0.321. The lowest BCUT2D eigenvalue weighted by Crippen LogP contribution is -2.44. The van der Waals surface area contributed by atoms with Crippen LogP contribution in [0.4, 0.5) is 24.5 Å². The van der Waals surface area contributed by atoms with Gasteiger partial charge >= 0.3 is 6.18 Å². The largest absolute Gasteiger partial charge is 0.435 e. The van der Waals surface area contributed by atoms with E-state index in [0.29, 0.717) is 35.3 Å². The molecule has 0 saturated carbocycles. The van der Waals surface area contributed by atoms with Gasteiger partial charge in [-0.3, -0.25) is 14.5 Å². The number of benzene rings is 2. The molecule has 2 aromatic heterocycles. The van der Waals surface area contributed by atoms with Crippen molar-refractivity contribution in [1.29, 1.82) is 0 Å². The number of anilines is 2. The summed E-state index contributed by atoms with van der Waals surface area (Å²) in [5.41, 5.74) is 2.24. The number of carbonyl (C=O) groups is 1. The molecule has 0 N–H and O–H groups in total. The summed E-state index contributed by atoms with van der Waals surface area (Å²) in [4.78, 5) is 24.6. The third-order valence-corrected chi connectivity index (χ3v) is 7.52. The Morgan fingerprint density at radius 1 is 0.816 bits per heavy atom. The number of pyridine rings is 1. The van der Waals surface area contributed by atoms with Gasteiger partial charge in [-0.25, -0.2) is 0 Å². The first-order valence-electron chi connectivity index (χ1n) is 12.6. The van der Waals surface area contributed by atoms with Gasteiger partial charge in [0.2, 0.25) is 0 Å². The van der Waals surface area contributed by atoms with E-state index in [4.69, 9.17) is 0 Å². The van der Waals surface area contributed by atoms with Crippen molar-refractivity contribution in [1.82, 2.24) is 19.7 Å². The number of halogens is 3. The Bertz CT molecular complexity index is 1540. The second kappa shape index (κ2) is 9.13. The summed E-state index contributed by atoms with van der Waals surface area (Å²) in [6.45, 7) is 4.10. The second-order valence-electron chi connectivity index (χ2n) is 9.92. The predicted molar refractivity (Wildman–Crippen MR) is 140 cm³/mol. The van der Waals surface area contributed by atoms with Gasteiger partial charge in [0, 0.05) is 79.8 Å². The number of aryl methyl sites for hydroxylation is 1. The van der Waals surface area contributed by atoms with Crippen LogP contribution in [-0.2, 0) is 19.6 Å². The van der Waals surface area contributed by atoms with Crippen LogP contribution in [0.1, 0.15) is 21.6 Å². The van der Waals surface area contributed by atoms with E-state index in [1.807, 2.05) is 18.3 Å². The first-order valence-corrected chi connectivity index (χ1v) is 12.6. The van der Waals surface area contributed by atoms with E-state index in [9.17, 15) is 18.0 Å². The Hall–Kier alpha value is -3.92. The fourth-order valence-electron chi connectivity index (χ4n) is 5.61. The maximum Gasteiger partial charge on any atom is 0.435 e. The van der Waals surface area contributed by atoms with Gasteiger partial charge in [-0.2, -0.15) is 18.3 Å². The number of nitrogens with zero attached hydrogens (tertiary/aromatic N) is 6. The van der Waals surface area contributed by atoms with Crippen LogP contribution < -0.4 is 9.80 Å². The van der Waals surface area contributed by atoms with E-state index in [2.05, 4.69) is 33.0 Å². The molecule has 7 nitrogen and oxygen atoms in total. The molecule has 2 aliphatic rings. The van der Waals surface area contributed by atoms with Gasteiger partial charge in [-0.05, 0) is 36.7 Å². The number of piperazine rings is 1. The summed E-state index contributed by atoms with van der Waals surface area (Å²) in [5.74, 6) is -0.246. The molecule has 0 spiro atoms. The predicted octanol–water partition coefficient (Wildman–Crippen LogP) is 4.61. The highest BCUT2D eigenvalue weighted by atomic mass is 19.4. The first kappa shape index (κ1) is 24.4. The Morgan fingerprint density at radius 3 is 2.32 bits per heavy atom. The minimum absolute atomic E-state index is 0.0123. The molecule has 4 heterocycles. The normalized spacial score (nSPS) is 16.8. The number of amides is 1. The molecule has 0 bridgehead atoms. The van der Waals surface area contributed by atoms with Crippen molar-refractivity contribution < 1.29 is 18.0 Å². The average molecular weight is 521 g/mol. The molecular formula is C28H27F3N6O. The molecule has 1 saturated heterocycles. The SMILES string of the molecule is CN1CCN(c2cccc3c(N4CCc5c(cccc5-c5cn(C)nc5C(F)(F)F)C4=O)cncc23)CC1. The maximum atomic E-state index is 13.8. The van der Waals surface area contributed by atoms with Crippen LogP contribution in [0, 0.1) is 0 Å². The molecule has 0 unspecified atom stereocenters. The molecule has 196 valence electrons. The number of hydrogen-bond acceptors (Lipinski definition) is 5. The number of alkyl halides is 3. The zero-order valence-electron chi connectivity index (χ0n) is 21.2. The van der Waals surface area contributed by atoms with Crippen molar-refractivity contribution in [2.45, 2.75) is 12.6 Å². The van der Waals surface area contributed by atoms with Crippen LogP contribution in [0.15, 0.2) is 55.0 Å². The van der Waals surface area contributed by atoms with Crippen LogP contribution in [0.2, 0.25) is 0 Å². The van der Waals surface area contributed by atoms with Gasteiger partial charge in [0.1, 0.15) is 0 Å². The van der Waals surface area contributed by atoms with E-state index in [1.165, 1.54) is 13.2 Å². The minimum atomic E-state index is -4.60. The number of carbonyl (C=O) groups excluding carboxylic acids is 1. The van der Waals surface area contributed by atoms with Crippen molar-refractivity contribution in [3.8, 4) is 11.1 Å². The molecule has 0 radical (unpaired) electrons. The summed E-state index contributed by atoms with van der Waals surface area (Å²) >= 11 is 0. The second-order valence-corrected chi connectivity index (χ2v) is 9.92. The van der Waals surface area contributed by atoms with Gasteiger partial charge in [0.05, 0.1) is 11.9 Å². The molecule has 4 aromatic rings. The molecule has 10 heteroatoms. The van der Waals surface area contributed by atoms with Gasteiger partial charge in [0.15, 0.2) is 5.69 Å². The van der Waals surface area contributed by atoms with E-state index in [0.717, 1.165) is 47.3 Å². The average Bonchev–Trinajstić information content (AvgIpc) is 3.31. The summed E-state index contributed by atoms with van der Waals surface area (Å²) in [5, 5.41) is 5.56. The summed E-state index contributed by atoms with van der Waals surface area (Å²) in [7, 11) is 3.58. The Balaban J connectivity index is 1.40. The molecule has 6 rings (SSSR count). The van der Waals surface area contributed by atoms with Crippen LogP contribution in [0.3, 0.4) is 0 Å². The Kier molecular flexibility index (Phi) is 5.86. The zero-order chi connectivity index (χ0) is 26.6. The highest BCUT2D eigenvalue weighted by molar-refractivity contribution is 6.14. The van der Waals surface area contributed by atoms with Crippen LogP contribution >= 0.6 is 0 Å². The van der Waals surface area contributed by atoms with E-state index in [-0.39, 0.29) is 11.5 Å². The standard InChI is InChI=1S/C28H27F3N6O/c1-34-11-13-36(14-12-34)24-8-4-6-20-22(24)15-32-16-25(20)37-10-9-19-18(5-3-7-21(19)27(37)38)23-17-35(2)33-26(23)28(29,30)31/h3-8,15-17H,9-14H2,1-2H3. The van der Waals surface area contributed by atoms with E-state index in [1.54, 1.807) is 29.3 Å². The number of hydrogen-bond donors (Lipinski definition) is 0. The van der Waals surface area contributed by atoms with Crippen molar-refractivity contribution in [3.63, 3.8) is 0 Å². The van der Waals surface area contributed by atoms with E-state index < -0.39 is 11.9 Å². The first-order chi connectivity index (χ1) is 18.2. The fourth-order valence-corrected chi connectivity index (χ4v) is 5.61. The highest BCUT2D eigenvalue weighted by Crippen LogP contribution is 2.40. The molecule has 0 atom stereocenters. The van der Waals surface area contributed by atoms with Crippen molar-refractivity contribution in [3.05, 3.63) is 71.8 Å². The summed E-state index contributed by atoms with van der Waals surface area (Å²) < 4.78 is 42.3. The molecule has 2 aliphatic heterocycles. The zero-order valence-corrected chi connectivity index (χ0v) is 21.2. The minimum Gasteiger partial charge on any atom is -0.368 e. The van der Waals surface area contributed by atoms with Gasteiger partial charge < -0.3 is 14.7 Å². The van der Waals surface area contributed by atoms with Crippen molar-refractivity contribution in [2.24, 2.45) is 7.05 Å². The van der Waals surface area contributed by atoms with Crippen LogP contribution in [0.5, 0.6) is 0 Å². The number of fused-ring (bicyclic) bond motifs is 2. The number of rotatable bonds is 3. The lowest BCUT2D eigenvalue weighted by molar-refractivity contribution is -0.140. The lowest BCUT2D eigenvalue weighted by atomic mass is 9.90. The Labute approximate surface area is 218 Å². The maximum absolute atomic E-state index is 13.8. The molecule has 1 amide bonds. The Morgan fingerprint density at radius 2 is 1.55 bits per heavy atom. The summed E-state index contributed by atoms with van der Waals surface area (Å²) in [6.07, 6.45) is 0.724. The third kappa shape index (κ3) is 4.09. The molecule has 1 fully saturated rings. The van der Waals surface area contributed by atoms with Crippen LogP contribution in [-0.4, -0.2) is 65.3 Å². The molecule has 38 heavy (non-hydrogen) atoms. The lowest BCUT2D eigenvalue weighted by Gasteiger charge is -2.35. The highest BCUT2D eigenvalue weighted by Gasteiger charge is 2.39. The molecule has 0 aliphatic carbocycles. The number of likely N-dealkylation sites (N-methyl/N-ethyl adjacent to an activating group) is 1. The summed E-state index contributed by atoms with van der Waals surface area (Å²) in [6, 6.07) is 11.0. The molecule has 2 aromatic carbocycles. The monoisotopic (exact) mass is 520 g/mol. The molecular weight excluding hydrogens is 493 g/mol. The third-order valence-electron chi connectivity index (χ3n) is 7.52. The van der Waals surface area contributed by atoms with Crippen LogP contribution in [0.25, 0.3) is 21.9 Å². The van der Waals surface area contributed by atoms with E-state index >= 15 is 0 Å². The van der Waals surface area contributed by atoms with Crippen molar-refractivity contribution in [2.75, 3.05) is 49.6 Å². The topological polar surface area (TPSA) is 57.5 Å². The van der Waals surface area contributed by atoms with Gasteiger partial charge in [0.25, 0.3) is 5.91 Å². The van der Waals surface area contributed by atoms with Crippen molar-refractivity contribution >= 4 is 28.1 Å². The number of aromatic nitrogens is 3. The van der Waals surface area contributed by atoms with Gasteiger partial charge in [-0.15, -0.1) is 0 Å². The smallest absolute Gasteiger partial charge is 0.368 e. The van der Waals surface area contributed by atoms with Gasteiger partial charge in [-0.1, -0.05) is 24.3 Å². The quantitative estimate of drug-likeness (QED) is 0.395.